The zero-order chi connectivity index (χ0) is 64.4. The quantitative estimate of drug-likeness (QED) is 0.0233. The molecule has 3 fully saturated rings. The summed E-state index contributed by atoms with van der Waals surface area (Å²) in [5.41, 5.74) is 15.0. The van der Waals surface area contributed by atoms with Crippen LogP contribution >= 0.6 is 15.9 Å². The molecule has 0 bridgehead atoms. The highest BCUT2D eigenvalue weighted by Crippen LogP contribution is 2.41. The summed E-state index contributed by atoms with van der Waals surface area (Å²) in [6.07, 6.45) is 11.5. The predicted molar refractivity (Wildman–Crippen MR) is 318 cm³/mol. The van der Waals surface area contributed by atoms with Gasteiger partial charge < -0.3 is 31.4 Å². The van der Waals surface area contributed by atoms with E-state index in [1.54, 1.807) is 0 Å². The van der Waals surface area contributed by atoms with E-state index in [-0.39, 0.29) is 86.3 Å². The number of amides is 1. The number of terminal acetylenes is 1. The molecule has 89 heavy (non-hydrogen) atoms. The molecule has 0 spiro atoms. The van der Waals surface area contributed by atoms with Crippen molar-refractivity contribution in [3.63, 3.8) is 0 Å². The van der Waals surface area contributed by atoms with E-state index >= 15 is 0 Å². The van der Waals surface area contributed by atoms with Crippen LogP contribution in [0.2, 0.25) is 0 Å². The molecule has 6 aromatic carbocycles. The zero-order valence-electron chi connectivity index (χ0n) is 46.5. The maximum atomic E-state index is 14.3. The lowest BCUT2D eigenvalue weighted by atomic mass is 9.82. The van der Waals surface area contributed by atoms with Crippen LogP contribution in [-0.2, 0) is 10.3 Å². The number of likely N-dealkylation sites (N-methyl/N-ethyl adjacent to an activating group) is 1. The van der Waals surface area contributed by atoms with Gasteiger partial charge in [-0.25, -0.2) is 18.2 Å². The van der Waals surface area contributed by atoms with Crippen LogP contribution in [0, 0.1) is 71.2 Å². The molecule has 3 aliphatic carbocycles. The van der Waals surface area contributed by atoms with Crippen molar-refractivity contribution in [3.05, 3.63) is 194 Å². The lowest BCUT2D eigenvalue weighted by Crippen LogP contribution is -2.41. The van der Waals surface area contributed by atoms with Crippen LogP contribution in [0.3, 0.4) is 0 Å². The summed E-state index contributed by atoms with van der Waals surface area (Å²) in [5, 5.41) is 0. The molecule has 4 aliphatic rings. The first kappa shape index (κ1) is 69.9. The van der Waals surface area contributed by atoms with Gasteiger partial charge in [0.1, 0.15) is 34.7 Å². The Balaban J connectivity index is 0.000000225. The van der Waals surface area contributed by atoms with Crippen molar-refractivity contribution >= 4 is 56.9 Å². The van der Waals surface area contributed by atoms with E-state index in [0.717, 1.165) is 49.9 Å². The minimum Gasteiger partial charge on any atom is -0.435 e. The van der Waals surface area contributed by atoms with Crippen LogP contribution in [0.4, 0.5) is 39.5 Å². The summed E-state index contributed by atoms with van der Waals surface area (Å²) in [4.78, 5) is 70.9. The topological polar surface area (TPSA) is 219 Å². The van der Waals surface area contributed by atoms with E-state index < -0.39 is 71.9 Å². The summed E-state index contributed by atoms with van der Waals surface area (Å²) in [5.74, 6) is 9.71. The molecule has 1 amide bonds. The Morgan fingerprint density at radius 1 is 0.584 bits per heavy atom. The van der Waals surface area contributed by atoms with Crippen molar-refractivity contribution in [2.45, 2.75) is 71.3 Å². The molecular weight excluding hydrogens is 1240 g/mol. The number of aliphatic imine (C=N–C) groups is 2. The predicted octanol–water partition coefficient (Wildman–Crippen LogP) is 12.3. The summed E-state index contributed by atoms with van der Waals surface area (Å²) in [6.45, 7) is -8.92. The molecule has 1 heterocycles. The number of alkyl halides is 6. The molecule has 6 aromatic rings. The van der Waals surface area contributed by atoms with Gasteiger partial charge in [0.05, 0.1) is 15.6 Å². The standard InChI is InChI=1S/C22H18F3N3O2.C20H13F3O3.C15H8BrF3O3.C5H6.C2H7N3.CH4/c1-28-19(29)22(27-21(28)26,15-6-9-17(10-7-15)30-20(24)25)16-8-11-18(23)14(12-16)5-4-13-2-3-13;21-17-10-7-15(11-14(17)4-3-12-1-2-12)19(25)18(24)13-5-8-16(9-6-13)26-20(22)23;16-11-7-9(3-6-12(11)17)14(21)13(20)8-1-4-10(5-2-8)22-15(18)19;1-2-5-3-4-5;1-5-2(3)4;/h6-13,20H,2-3H2,1H3,(H2,26,27);5-12,20H,1-2H2;1-7,15H;1,5H,3-4H2;1H3,(H4,3,4,5);1H4. The molecule has 14 nitrogen and oxygen atoms in total. The molecule has 24 heteroatoms. The van der Waals surface area contributed by atoms with E-state index in [2.05, 4.69) is 69.7 Å². The van der Waals surface area contributed by atoms with Gasteiger partial charge in [0.2, 0.25) is 23.1 Å². The Morgan fingerprint density at radius 3 is 1.28 bits per heavy atom. The normalized spacial score (nSPS) is 15.0. The number of ether oxygens (including phenoxy) is 3. The average molecular weight is 1300 g/mol. The van der Waals surface area contributed by atoms with Gasteiger partial charge in [-0.05, 0) is 175 Å². The third-order valence-corrected chi connectivity index (χ3v) is 13.3. The largest absolute Gasteiger partial charge is 0.435 e. The van der Waals surface area contributed by atoms with Gasteiger partial charge in [0.25, 0.3) is 5.91 Å². The van der Waals surface area contributed by atoms with Gasteiger partial charge in [-0.3, -0.25) is 33.9 Å². The fourth-order valence-electron chi connectivity index (χ4n) is 7.47. The molecule has 6 N–H and O–H groups in total. The minimum atomic E-state index is -2.98. The summed E-state index contributed by atoms with van der Waals surface area (Å²) in [6, 6.07) is 26.2. The highest BCUT2D eigenvalue weighted by atomic mass is 79.9. The zero-order valence-corrected chi connectivity index (χ0v) is 48.1. The van der Waals surface area contributed by atoms with Gasteiger partial charge in [0, 0.05) is 54.1 Å². The molecule has 1 unspecified atom stereocenters. The number of carbonyl (C=O) groups is 5. The van der Waals surface area contributed by atoms with E-state index in [9.17, 15) is 63.5 Å². The first-order chi connectivity index (χ1) is 41.8. The van der Waals surface area contributed by atoms with Crippen molar-refractivity contribution < 1.29 is 77.7 Å². The molecule has 0 aromatic heterocycles. The second-order valence-electron chi connectivity index (χ2n) is 19.3. The highest BCUT2D eigenvalue weighted by Gasteiger charge is 2.50. The summed E-state index contributed by atoms with van der Waals surface area (Å²) < 4.78 is 127. The molecule has 10 rings (SSSR count). The minimum absolute atomic E-state index is 0. The van der Waals surface area contributed by atoms with Crippen LogP contribution < -0.4 is 31.4 Å². The van der Waals surface area contributed by atoms with E-state index in [1.165, 1.54) is 135 Å². The van der Waals surface area contributed by atoms with Crippen LogP contribution in [0.5, 0.6) is 17.2 Å². The Bertz CT molecular complexity index is 3770. The van der Waals surface area contributed by atoms with Gasteiger partial charge >= 0.3 is 19.8 Å². The van der Waals surface area contributed by atoms with Gasteiger partial charge in [0.15, 0.2) is 17.5 Å². The van der Waals surface area contributed by atoms with Crippen LogP contribution in [0.15, 0.2) is 142 Å². The van der Waals surface area contributed by atoms with Crippen molar-refractivity contribution in [2.75, 3.05) is 14.1 Å². The van der Waals surface area contributed by atoms with Crippen molar-refractivity contribution in [1.82, 2.24) is 4.90 Å². The lowest BCUT2D eigenvalue weighted by molar-refractivity contribution is -0.129. The second-order valence-corrected chi connectivity index (χ2v) is 20.1. The SMILES string of the molecule is C.C#CC1CC1.CN1C(=O)C(c2ccc(OC(F)F)cc2)(c2ccc(F)c(C#CC3CC3)c2)N=C1N.CN=C(N)N.O=C(C(=O)c1ccc(F)c(Br)c1)c1ccc(OC(F)F)cc1.O=C(C(=O)c1ccc(F)c(C#CC2CC2)c1)c1ccc(OC(F)F)cc1. The number of Topliss-reactive ketones (excluding diaryl/α,β-unsaturated/α-hetero) is 4. The smallest absolute Gasteiger partial charge is 0.387 e. The molecule has 464 valence electrons. The number of hydrogen-bond acceptors (Lipinski definition) is 11. The Kier molecular flexibility index (Phi) is 25.3. The van der Waals surface area contributed by atoms with E-state index in [4.69, 9.17) is 23.6 Å². The summed E-state index contributed by atoms with van der Waals surface area (Å²) in [7, 11) is 3.02. The highest BCUT2D eigenvalue weighted by molar-refractivity contribution is 9.10. The van der Waals surface area contributed by atoms with E-state index in [0.29, 0.717) is 17.0 Å². The number of carbonyl (C=O) groups excluding carboxylic acids is 5. The molecule has 1 atom stereocenters. The van der Waals surface area contributed by atoms with Gasteiger partial charge in [-0.2, -0.15) is 26.3 Å². The number of benzene rings is 6. The third kappa shape index (κ3) is 20.4. The molecule has 0 saturated heterocycles. The van der Waals surface area contributed by atoms with Crippen LogP contribution in [-0.4, -0.2) is 79.8 Å². The number of hydrogen-bond donors (Lipinski definition) is 3. The molecule has 3 saturated carbocycles. The fourth-order valence-corrected chi connectivity index (χ4v) is 7.85. The van der Waals surface area contributed by atoms with Crippen LogP contribution in [0.25, 0.3) is 0 Å². The van der Waals surface area contributed by atoms with Gasteiger partial charge in [-0.1, -0.05) is 49.3 Å². The molecule has 0 radical (unpaired) electrons. The Hall–Kier alpha value is -9.86. The first-order valence-corrected chi connectivity index (χ1v) is 27.1. The Morgan fingerprint density at radius 2 is 0.933 bits per heavy atom. The molecular formula is C65H56BrF9N6O8. The van der Waals surface area contributed by atoms with Crippen molar-refractivity contribution in [3.8, 4) is 53.3 Å². The van der Waals surface area contributed by atoms with Gasteiger partial charge in [-0.15, -0.1) is 12.3 Å². The summed E-state index contributed by atoms with van der Waals surface area (Å²) >= 11 is 2.93. The first-order valence-electron chi connectivity index (χ1n) is 26.3. The maximum Gasteiger partial charge on any atom is 0.387 e. The lowest BCUT2D eigenvalue weighted by Gasteiger charge is -2.26. The van der Waals surface area contributed by atoms with E-state index in [1.807, 2.05) is 0 Å². The van der Waals surface area contributed by atoms with Crippen molar-refractivity contribution in [1.29, 1.82) is 0 Å². The number of nitrogens with zero attached hydrogens (tertiary/aromatic N) is 3. The number of nitrogens with two attached hydrogens (primary N) is 3. The third-order valence-electron chi connectivity index (χ3n) is 12.7. The van der Waals surface area contributed by atoms with Crippen molar-refractivity contribution in [2.24, 2.45) is 44.9 Å². The fraction of sp³-hybridized carbons (Fsp3) is 0.246. The second kappa shape index (κ2) is 32.2. The number of rotatable bonds is 14. The van der Waals surface area contributed by atoms with Crippen LogP contribution in [0.1, 0.15) is 110 Å². The maximum absolute atomic E-state index is 14.3. The molecule has 1 aliphatic heterocycles. The number of halogens is 10. The Labute approximate surface area is 514 Å². The number of ketones is 4. The average Bonchev–Trinajstić information content (AvgIpc) is 1.77. The monoisotopic (exact) mass is 1300 g/mol. The number of guanidine groups is 2.